The van der Waals surface area contributed by atoms with Gasteiger partial charge in [0.1, 0.15) is 5.75 Å². The minimum absolute atomic E-state index is 0.0981. The average Bonchev–Trinajstić information content (AvgIpc) is 2.61. The maximum atomic E-state index is 12.1. The lowest BCUT2D eigenvalue weighted by Gasteiger charge is -2.43. The number of pyridine rings is 1. The molecule has 2 aromatic rings. The maximum absolute atomic E-state index is 12.1. The Morgan fingerprint density at radius 3 is 2.85 bits per heavy atom. The van der Waals surface area contributed by atoms with Crippen molar-refractivity contribution in [2.45, 2.75) is 25.0 Å². The number of phenolic OH excluding ortho intramolecular Hbond substituents is 1. The van der Waals surface area contributed by atoms with E-state index >= 15 is 0 Å². The molecular weight excluding hydrogens is 330 g/mol. The number of likely N-dealkylation sites (tertiary alicyclic amines) is 1. The lowest BCUT2D eigenvalue weighted by Crippen LogP contribution is -2.49. The van der Waals surface area contributed by atoms with E-state index < -0.39 is 6.10 Å². The van der Waals surface area contributed by atoms with E-state index in [-0.39, 0.29) is 11.3 Å². The smallest absolute Gasteiger partial charge is 0.250 e. The van der Waals surface area contributed by atoms with Crippen LogP contribution in [0.15, 0.2) is 47.3 Å². The Bertz CT molecular complexity index is 835. The van der Waals surface area contributed by atoms with Gasteiger partial charge >= 0.3 is 0 Å². The summed E-state index contributed by atoms with van der Waals surface area (Å²) in [4.78, 5) is 14.4. The summed E-state index contributed by atoms with van der Waals surface area (Å²) >= 11 is 0. The normalized spacial score (nSPS) is 23.3. The second-order valence-electron chi connectivity index (χ2n) is 7.50. The van der Waals surface area contributed by atoms with Gasteiger partial charge < -0.3 is 20.1 Å². The fourth-order valence-corrected chi connectivity index (χ4v) is 4.36. The molecule has 0 radical (unpaired) electrons. The number of hydrogen-bond donors (Lipinski definition) is 3. The second-order valence-corrected chi connectivity index (χ2v) is 7.50. The van der Waals surface area contributed by atoms with E-state index in [1.54, 1.807) is 24.3 Å². The zero-order chi connectivity index (χ0) is 18.1. The second kappa shape index (κ2) is 7.13. The molecule has 26 heavy (non-hydrogen) atoms. The molecule has 0 aliphatic carbocycles. The summed E-state index contributed by atoms with van der Waals surface area (Å²) in [5.41, 5.74) is 2.03. The summed E-state index contributed by atoms with van der Waals surface area (Å²) in [6, 6.07) is 12.5. The van der Waals surface area contributed by atoms with Crippen LogP contribution in [-0.4, -0.2) is 52.0 Å². The van der Waals surface area contributed by atoms with Gasteiger partial charge in [-0.15, -0.1) is 0 Å². The van der Waals surface area contributed by atoms with Crippen molar-refractivity contribution in [1.82, 2.24) is 9.47 Å². The average molecular weight is 355 g/mol. The lowest BCUT2D eigenvalue weighted by molar-refractivity contribution is 0.0676. The fraction of sp³-hybridized carbons (Fsp3) is 0.450. The van der Waals surface area contributed by atoms with Crippen molar-refractivity contribution < 1.29 is 10.2 Å². The third-order valence-electron chi connectivity index (χ3n) is 5.41. The van der Waals surface area contributed by atoms with Crippen LogP contribution in [0.3, 0.4) is 0 Å². The van der Waals surface area contributed by atoms with E-state index in [0.29, 0.717) is 24.9 Å². The van der Waals surface area contributed by atoms with Gasteiger partial charge in [0.25, 0.3) is 5.56 Å². The van der Waals surface area contributed by atoms with Crippen LogP contribution in [-0.2, 0) is 6.54 Å². The SMILES string of the molecule is O=c1cccc2n1C[C@@H]1C[C@H]2CN(C[C@H](O)CNc2cccc(O)c2)C1. The number of nitrogens with zero attached hydrogens (tertiary/aromatic N) is 2. The van der Waals surface area contributed by atoms with E-state index in [2.05, 4.69) is 16.3 Å². The van der Waals surface area contributed by atoms with Crippen LogP contribution in [0.25, 0.3) is 0 Å². The van der Waals surface area contributed by atoms with E-state index in [9.17, 15) is 15.0 Å². The van der Waals surface area contributed by atoms with Gasteiger partial charge in [-0.3, -0.25) is 9.69 Å². The Balaban J connectivity index is 1.36. The molecule has 6 nitrogen and oxygen atoms in total. The number of piperidine rings is 1. The van der Waals surface area contributed by atoms with Gasteiger partial charge in [-0.2, -0.15) is 0 Å². The summed E-state index contributed by atoms with van der Waals surface area (Å²) in [6.07, 6.45) is 0.631. The van der Waals surface area contributed by atoms with Gasteiger partial charge in [0.05, 0.1) is 6.10 Å². The van der Waals surface area contributed by atoms with E-state index in [0.717, 1.165) is 37.4 Å². The molecule has 3 N–H and O–H groups in total. The quantitative estimate of drug-likeness (QED) is 0.757. The van der Waals surface area contributed by atoms with Gasteiger partial charge in [0, 0.05) is 62.2 Å². The molecular formula is C20H25N3O3. The summed E-state index contributed by atoms with van der Waals surface area (Å²) < 4.78 is 1.93. The molecule has 138 valence electrons. The summed E-state index contributed by atoms with van der Waals surface area (Å²) in [7, 11) is 0. The molecule has 3 atom stereocenters. The third-order valence-corrected chi connectivity index (χ3v) is 5.41. The van der Waals surface area contributed by atoms with Crippen LogP contribution in [0.1, 0.15) is 18.0 Å². The standard InChI is InChI=1S/C20H25N3O3/c24-17-4-1-3-16(8-17)21-9-18(25)13-22-10-14-7-15(12-22)19-5-2-6-20(26)23(19)11-14/h1-6,8,14-15,18,21,24-25H,7,9-13H2/t14-,15+,18-/m1/s1. The van der Waals surface area contributed by atoms with Crippen molar-refractivity contribution in [3.63, 3.8) is 0 Å². The highest BCUT2D eigenvalue weighted by Crippen LogP contribution is 2.34. The topological polar surface area (TPSA) is 77.7 Å². The van der Waals surface area contributed by atoms with Crippen molar-refractivity contribution in [2.75, 3.05) is 31.5 Å². The third kappa shape index (κ3) is 3.61. The molecule has 0 spiro atoms. The van der Waals surface area contributed by atoms with Gasteiger partial charge in [0.15, 0.2) is 0 Å². The predicted molar refractivity (Wildman–Crippen MR) is 101 cm³/mol. The zero-order valence-electron chi connectivity index (χ0n) is 14.7. The van der Waals surface area contributed by atoms with Crippen LogP contribution < -0.4 is 10.9 Å². The van der Waals surface area contributed by atoms with Crippen LogP contribution in [0, 0.1) is 5.92 Å². The molecule has 4 rings (SSSR count). The number of fused-ring (bicyclic) bond motifs is 4. The predicted octanol–water partition coefficient (Wildman–Crippen LogP) is 1.45. The first-order valence-corrected chi connectivity index (χ1v) is 9.21. The molecule has 0 saturated carbocycles. The summed E-state index contributed by atoms with van der Waals surface area (Å²) in [5, 5.41) is 23.1. The summed E-state index contributed by atoms with van der Waals surface area (Å²) in [6.45, 7) is 3.62. The first-order valence-electron chi connectivity index (χ1n) is 9.21. The number of aromatic nitrogens is 1. The molecule has 2 aliphatic heterocycles. The number of β-amino-alcohol motifs (C(OH)–C–C–N with tert-alkyl or cyclic N) is 1. The van der Waals surface area contributed by atoms with E-state index in [1.165, 1.54) is 0 Å². The highest BCUT2D eigenvalue weighted by atomic mass is 16.3. The van der Waals surface area contributed by atoms with E-state index in [1.807, 2.05) is 16.7 Å². The first kappa shape index (κ1) is 17.1. The number of benzene rings is 1. The molecule has 1 aromatic carbocycles. The number of aliphatic hydroxyl groups excluding tert-OH is 1. The van der Waals surface area contributed by atoms with Crippen LogP contribution in [0.4, 0.5) is 5.69 Å². The molecule has 3 heterocycles. The Hall–Kier alpha value is -2.31. The molecule has 0 unspecified atom stereocenters. The molecule has 1 fully saturated rings. The maximum Gasteiger partial charge on any atom is 0.250 e. The largest absolute Gasteiger partial charge is 0.508 e. The number of aliphatic hydroxyl groups is 1. The minimum atomic E-state index is -0.492. The monoisotopic (exact) mass is 355 g/mol. The molecule has 1 aromatic heterocycles. The summed E-state index contributed by atoms with van der Waals surface area (Å²) in [5.74, 6) is 1.04. The number of aromatic hydroxyl groups is 1. The van der Waals surface area contributed by atoms with Crippen molar-refractivity contribution in [2.24, 2.45) is 5.92 Å². The van der Waals surface area contributed by atoms with Crippen molar-refractivity contribution in [3.8, 4) is 5.75 Å². The van der Waals surface area contributed by atoms with Gasteiger partial charge in [0.2, 0.25) is 0 Å². The highest BCUT2D eigenvalue weighted by Gasteiger charge is 2.34. The Kier molecular flexibility index (Phi) is 4.70. The van der Waals surface area contributed by atoms with Gasteiger partial charge in [-0.1, -0.05) is 12.1 Å². The number of hydrogen-bond acceptors (Lipinski definition) is 5. The Morgan fingerprint density at radius 2 is 2.00 bits per heavy atom. The Labute approximate surface area is 152 Å². The molecule has 2 aliphatic rings. The van der Waals surface area contributed by atoms with Crippen LogP contribution in [0.2, 0.25) is 0 Å². The number of phenols is 1. The van der Waals surface area contributed by atoms with Crippen LogP contribution in [0.5, 0.6) is 5.75 Å². The fourth-order valence-electron chi connectivity index (χ4n) is 4.36. The van der Waals surface area contributed by atoms with E-state index in [4.69, 9.17) is 0 Å². The lowest BCUT2D eigenvalue weighted by atomic mass is 9.83. The van der Waals surface area contributed by atoms with Crippen molar-refractivity contribution in [3.05, 3.63) is 58.5 Å². The number of nitrogens with one attached hydrogen (secondary N) is 1. The molecule has 2 bridgehead atoms. The first-order chi connectivity index (χ1) is 12.6. The van der Waals surface area contributed by atoms with Gasteiger partial charge in [-0.05, 0) is 30.5 Å². The highest BCUT2D eigenvalue weighted by molar-refractivity contribution is 5.47. The molecule has 6 heteroatoms. The molecule has 1 saturated heterocycles. The van der Waals surface area contributed by atoms with Crippen molar-refractivity contribution in [1.29, 1.82) is 0 Å². The van der Waals surface area contributed by atoms with Gasteiger partial charge in [-0.25, -0.2) is 0 Å². The number of anilines is 1. The Morgan fingerprint density at radius 1 is 1.15 bits per heavy atom. The zero-order valence-corrected chi connectivity index (χ0v) is 14.7. The minimum Gasteiger partial charge on any atom is -0.508 e. The van der Waals surface area contributed by atoms with Crippen molar-refractivity contribution >= 4 is 5.69 Å². The number of rotatable bonds is 5. The molecule has 0 amide bonds. The van der Waals surface area contributed by atoms with Crippen LogP contribution >= 0.6 is 0 Å².